The molecular formula is C15H14O2. The fraction of sp³-hybridized carbons (Fsp3) is 0.133. The van der Waals surface area contributed by atoms with Crippen LogP contribution in [0.25, 0.3) is 16.8 Å². The molecule has 0 aliphatic carbocycles. The number of hydrogen-bond donors (Lipinski definition) is 0. The molecule has 0 N–H and O–H groups in total. The van der Waals surface area contributed by atoms with Crippen molar-refractivity contribution in [3.63, 3.8) is 0 Å². The molecule has 2 heteroatoms. The first kappa shape index (κ1) is 11.4. The molecule has 0 saturated heterocycles. The van der Waals surface area contributed by atoms with E-state index in [9.17, 15) is 4.79 Å². The van der Waals surface area contributed by atoms with Gasteiger partial charge in [0.2, 0.25) is 0 Å². The Morgan fingerprint density at radius 1 is 1.18 bits per heavy atom. The lowest BCUT2D eigenvalue weighted by Crippen LogP contribution is -1.89. The SMILES string of the molecule is COc1ccc2ccccc2c1/C=C/C(C)=O. The van der Waals surface area contributed by atoms with Gasteiger partial charge in [-0.25, -0.2) is 0 Å². The number of carbonyl (C=O) groups is 1. The molecule has 2 aromatic carbocycles. The van der Waals surface area contributed by atoms with E-state index in [0.717, 1.165) is 22.1 Å². The van der Waals surface area contributed by atoms with Gasteiger partial charge in [0, 0.05) is 5.56 Å². The number of fused-ring (bicyclic) bond motifs is 1. The van der Waals surface area contributed by atoms with Crippen molar-refractivity contribution < 1.29 is 9.53 Å². The molecule has 0 heterocycles. The molecule has 0 fully saturated rings. The second kappa shape index (κ2) is 4.83. The van der Waals surface area contributed by atoms with Crippen molar-refractivity contribution in [2.45, 2.75) is 6.92 Å². The van der Waals surface area contributed by atoms with E-state index in [0.29, 0.717) is 0 Å². The molecule has 2 rings (SSSR count). The van der Waals surface area contributed by atoms with Crippen LogP contribution in [0, 0.1) is 0 Å². The molecule has 0 aliphatic heterocycles. The largest absolute Gasteiger partial charge is 0.496 e. The van der Waals surface area contributed by atoms with Gasteiger partial charge in [-0.3, -0.25) is 4.79 Å². The minimum absolute atomic E-state index is 0.0278. The molecule has 0 unspecified atom stereocenters. The van der Waals surface area contributed by atoms with Crippen molar-refractivity contribution in [2.24, 2.45) is 0 Å². The van der Waals surface area contributed by atoms with Crippen LogP contribution < -0.4 is 4.74 Å². The van der Waals surface area contributed by atoms with E-state index in [1.165, 1.54) is 6.92 Å². The second-order valence-electron chi connectivity index (χ2n) is 3.85. The van der Waals surface area contributed by atoms with E-state index >= 15 is 0 Å². The lowest BCUT2D eigenvalue weighted by atomic mass is 10.0. The average molecular weight is 226 g/mol. The molecule has 0 radical (unpaired) electrons. The predicted molar refractivity (Wildman–Crippen MR) is 70.2 cm³/mol. The zero-order chi connectivity index (χ0) is 12.3. The zero-order valence-corrected chi connectivity index (χ0v) is 9.94. The lowest BCUT2D eigenvalue weighted by Gasteiger charge is -2.08. The van der Waals surface area contributed by atoms with Crippen molar-refractivity contribution >= 4 is 22.6 Å². The van der Waals surface area contributed by atoms with Gasteiger partial charge < -0.3 is 4.74 Å². The highest BCUT2D eigenvalue weighted by Gasteiger charge is 2.04. The van der Waals surface area contributed by atoms with E-state index < -0.39 is 0 Å². The summed E-state index contributed by atoms with van der Waals surface area (Å²) in [5.41, 5.74) is 0.945. The smallest absolute Gasteiger partial charge is 0.152 e. The lowest BCUT2D eigenvalue weighted by molar-refractivity contribution is -0.112. The number of carbonyl (C=O) groups excluding carboxylic acids is 1. The quantitative estimate of drug-likeness (QED) is 0.749. The molecule has 2 aromatic rings. The first-order valence-electron chi connectivity index (χ1n) is 5.47. The van der Waals surface area contributed by atoms with Gasteiger partial charge in [-0.1, -0.05) is 30.3 Å². The molecule has 0 saturated carbocycles. The molecule has 0 bridgehead atoms. The first-order chi connectivity index (χ1) is 8.22. The van der Waals surface area contributed by atoms with Gasteiger partial charge in [-0.15, -0.1) is 0 Å². The summed E-state index contributed by atoms with van der Waals surface area (Å²) in [6, 6.07) is 12.0. The maximum absolute atomic E-state index is 11.0. The average Bonchev–Trinajstić information content (AvgIpc) is 2.35. The van der Waals surface area contributed by atoms with Gasteiger partial charge in [0.1, 0.15) is 5.75 Å². The van der Waals surface area contributed by atoms with Crippen molar-refractivity contribution in [1.82, 2.24) is 0 Å². The van der Waals surface area contributed by atoms with Crippen LogP contribution in [0.2, 0.25) is 0 Å². The number of benzene rings is 2. The summed E-state index contributed by atoms with van der Waals surface area (Å²) in [5.74, 6) is 0.807. The Morgan fingerprint density at radius 3 is 2.65 bits per heavy atom. The Kier molecular flexibility index (Phi) is 3.24. The number of ether oxygens (including phenoxy) is 1. The van der Waals surface area contributed by atoms with Crippen LogP contribution in [0.3, 0.4) is 0 Å². The van der Waals surface area contributed by atoms with Crippen molar-refractivity contribution in [3.8, 4) is 5.75 Å². The molecule has 0 atom stereocenters. The Morgan fingerprint density at radius 2 is 1.94 bits per heavy atom. The Hall–Kier alpha value is -2.09. The van der Waals surface area contributed by atoms with Crippen LogP contribution in [0.15, 0.2) is 42.5 Å². The van der Waals surface area contributed by atoms with Gasteiger partial charge in [-0.05, 0) is 35.9 Å². The summed E-state index contributed by atoms with van der Waals surface area (Å²) in [5, 5.41) is 2.22. The third kappa shape index (κ3) is 2.36. The molecule has 17 heavy (non-hydrogen) atoms. The van der Waals surface area contributed by atoms with Crippen LogP contribution in [0.4, 0.5) is 0 Å². The molecular weight excluding hydrogens is 212 g/mol. The number of allylic oxidation sites excluding steroid dienone is 1. The molecule has 2 nitrogen and oxygen atoms in total. The van der Waals surface area contributed by atoms with Crippen LogP contribution in [-0.2, 0) is 4.79 Å². The summed E-state index contributed by atoms with van der Waals surface area (Å²) in [7, 11) is 1.63. The van der Waals surface area contributed by atoms with Gasteiger partial charge in [-0.2, -0.15) is 0 Å². The van der Waals surface area contributed by atoms with Crippen molar-refractivity contribution in [2.75, 3.05) is 7.11 Å². The molecule has 0 aromatic heterocycles. The topological polar surface area (TPSA) is 26.3 Å². The third-order valence-electron chi connectivity index (χ3n) is 2.64. The Balaban J connectivity index is 2.67. The fourth-order valence-corrected chi connectivity index (χ4v) is 1.83. The van der Waals surface area contributed by atoms with E-state index in [2.05, 4.69) is 0 Å². The van der Waals surface area contributed by atoms with Crippen molar-refractivity contribution in [3.05, 3.63) is 48.0 Å². The molecule has 0 amide bonds. The highest BCUT2D eigenvalue weighted by Crippen LogP contribution is 2.28. The summed E-state index contributed by atoms with van der Waals surface area (Å²) < 4.78 is 5.32. The van der Waals surface area contributed by atoms with Gasteiger partial charge in [0.05, 0.1) is 7.11 Å². The van der Waals surface area contributed by atoms with Gasteiger partial charge in [0.25, 0.3) is 0 Å². The van der Waals surface area contributed by atoms with Crippen LogP contribution in [0.1, 0.15) is 12.5 Å². The number of rotatable bonds is 3. The third-order valence-corrected chi connectivity index (χ3v) is 2.64. The Labute approximate surface area is 101 Å². The molecule has 0 spiro atoms. The van der Waals surface area contributed by atoms with Gasteiger partial charge in [0.15, 0.2) is 5.78 Å². The maximum Gasteiger partial charge on any atom is 0.152 e. The second-order valence-corrected chi connectivity index (χ2v) is 3.85. The number of hydrogen-bond acceptors (Lipinski definition) is 2. The predicted octanol–water partition coefficient (Wildman–Crippen LogP) is 3.45. The standard InChI is InChI=1S/C15H14O2/c1-11(16)7-9-14-13-6-4-3-5-12(13)8-10-15(14)17-2/h3-10H,1-2H3/b9-7+. The zero-order valence-electron chi connectivity index (χ0n) is 9.94. The minimum Gasteiger partial charge on any atom is -0.496 e. The van der Waals surface area contributed by atoms with E-state index in [4.69, 9.17) is 4.74 Å². The number of ketones is 1. The van der Waals surface area contributed by atoms with E-state index in [1.807, 2.05) is 42.5 Å². The summed E-state index contributed by atoms with van der Waals surface area (Å²) in [6.45, 7) is 1.54. The number of methoxy groups -OCH3 is 1. The first-order valence-corrected chi connectivity index (χ1v) is 5.47. The van der Waals surface area contributed by atoms with Crippen LogP contribution in [0.5, 0.6) is 5.75 Å². The summed E-state index contributed by atoms with van der Waals surface area (Å²) in [6.07, 6.45) is 3.37. The maximum atomic E-state index is 11.0. The normalized spacial score (nSPS) is 10.9. The van der Waals surface area contributed by atoms with Crippen LogP contribution >= 0.6 is 0 Å². The fourth-order valence-electron chi connectivity index (χ4n) is 1.83. The van der Waals surface area contributed by atoms with E-state index in [-0.39, 0.29) is 5.78 Å². The van der Waals surface area contributed by atoms with Gasteiger partial charge >= 0.3 is 0 Å². The molecule has 0 aliphatic rings. The van der Waals surface area contributed by atoms with Crippen molar-refractivity contribution in [1.29, 1.82) is 0 Å². The monoisotopic (exact) mass is 226 g/mol. The van der Waals surface area contributed by atoms with Crippen LogP contribution in [-0.4, -0.2) is 12.9 Å². The Bertz CT molecular complexity index is 582. The highest BCUT2D eigenvalue weighted by molar-refractivity contribution is 5.98. The minimum atomic E-state index is 0.0278. The molecule has 86 valence electrons. The van der Waals surface area contributed by atoms with E-state index in [1.54, 1.807) is 13.2 Å². The summed E-state index contributed by atoms with van der Waals surface area (Å²) in [4.78, 5) is 11.0. The highest BCUT2D eigenvalue weighted by atomic mass is 16.5. The summed E-state index contributed by atoms with van der Waals surface area (Å²) >= 11 is 0.